The molecule has 0 aliphatic rings. The van der Waals surface area contributed by atoms with Gasteiger partial charge < -0.3 is 4.90 Å². The van der Waals surface area contributed by atoms with Crippen LogP contribution in [0.5, 0.6) is 0 Å². The van der Waals surface area contributed by atoms with Crippen molar-refractivity contribution in [1.29, 1.82) is 5.26 Å². The van der Waals surface area contributed by atoms with Gasteiger partial charge in [0.25, 0.3) is 0 Å². The predicted molar refractivity (Wildman–Crippen MR) is 143 cm³/mol. The molecule has 0 saturated carbocycles. The minimum atomic E-state index is 0.653. The number of rotatable bonds is 6. The third kappa shape index (κ3) is 5.68. The minimum Gasteiger partial charge on any atom is -0.345 e. The maximum Gasteiger partial charge on any atom is 0.187 e. The number of nitrogens with zero attached hydrogens (tertiary/aromatic N) is 3. The van der Waals surface area contributed by atoms with E-state index in [0.717, 1.165) is 33.6 Å². The summed E-state index contributed by atoms with van der Waals surface area (Å²) in [5.41, 5.74) is 7.91. The van der Waals surface area contributed by atoms with Crippen LogP contribution in [0.3, 0.4) is 0 Å². The van der Waals surface area contributed by atoms with E-state index in [9.17, 15) is 0 Å². The second kappa shape index (κ2) is 10.6. The summed E-state index contributed by atoms with van der Waals surface area (Å²) in [5.74, 6) is 0. The molecule has 4 aromatic rings. The van der Waals surface area contributed by atoms with Crippen molar-refractivity contribution in [2.45, 2.75) is 0 Å². The number of benzene rings is 4. The normalized spacial score (nSPS) is 10.8. The molecule has 0 aliphatic heterocycles. The van der Waals surface area contributed by atoms with Gasteiger partial charge in [-0.05, 0) is 58.7 Å². The standard InChI is InChI=1S/C31H23N3/c1-33-29-17-11-25(12-18-29)4-6-27-15-21-31(22-16-27)34(2)30-19-13-26(14-20-30)5-3-24-7-9-28(23-32)10-8-24/h3-22H,2H3. The van der Waals surface area contributed by atoms with Gasteiger partial charge in [0.15, 0.2) is 5.69 Å². The largest absolute Gasteiger partial charge is 0.345 e. The maximum absolute atomic E-state index is 8.90. The fraction of sp³-hybridized carbons (Fsp3) is 0.0323. The molecule has 0 N–H and O–H groups in total. The maximum atomic E-state index is 8.90. The first-order chi connectivity index (χ1) is 16.6. The molecule has 4 aromatic carbocycles. The van der Waals surface area contributed by atoms with Crippen molar-refractivity contribution in [2.75, 3.05) is 11.9 Å². The summed E-state index contributed by atoms with van der Waals surface area (Å²) in [6.45, 7) is 7.03. The van der Waals surface area contributed by atoms with Crippen LogP contribution in [-0.4, -0.2) is 7.05 Å². The highest BCUT2D eigenvalue weighted by Gasteiger charge is 2.03. The van der Waals surface area contributed by atoms with E-state index >= 15 is 0 Å². The van der Waals surface area contributed by atoms with E-state index in [1.165, 1.54) is 0 Å². The Kier molecular flexibility index (Phi) is 6.99. The third-order valence-corrected chi connectivity index (χ3v) is 5.56. The molecule has 0 fully saturated rings. The zero-order valence-electron chi connectivity index (χ0n) is 18.9. The SMILES string of the molecule is [C-]#[N+]c1ccc(C=Cc2ccc(N(C)c3ccc(C=Cc4ccc(C#N)cc4)cc3)cc2)cc1. The lowest BCUT2D eigenvalue weighted by molar-refractivity contribution is 1.21. The molecule has 0 spiro atoms. The Balaban J connectivity index is 1.39. The fourth-order valence-electron chi connectivity index (χ4n) is 3.48. The summed E-state index contributed by atoms with van der Waals surface area (Å²) in [7, 11) is 2.06. The van der Waals surface area contributed by atoms with Crippen molar-refractivity contribution in [2.24, 2.45) is 0 Å². The molecule has 0 saturated heterocycles. The lowest BCUT2D eigenvalue weighted by Crippen LogP contribution is -2.08. The Bertz CT molecular complexity index is 1270. The highest BCUT2D eigenvalue weighted by Crippen LogP contribution is 2.25. The summed E-state index contributed by atoms with van der Waals surface area (Å²) in [5, 5.41) is 8.90. The van der Waals surface area contributed by atoms with E-state index in [4.69, 9.17) is 11.8 Å². The van der Waals surface area contributed by atoms with Crippen LogP contribution >= 0.6 is 0 Å². The molecule has 3 nitrogen and oxygen atoms in total. The molecule has 0 aliphatic carbocycles. The molecular formula is C31H23N3. The van der Waals surface area contributed by atoms with Crippen LogP contribution in [0.15, 0.2) is 97.1 Å². The molecule has 0 amide bonds. The molecule has 3 heteroatoms. The Morgan fingerprint density at radius 1 is 0.618 bits per heavy atom. The van der Waals surface area contributed by atoms with Gasteiger partial charge >= 0.3 is 0 Å². The van der Waals surface area contributed by atoms with Crippen molar-refractivity contribution >= 4 is 41.4 Å². The topological polar surface area (TPSA) is 31.4 Å². The van der Waals surface area contributed by atoms with E-state index in [-0.39, 0.29) is 0 Å². The van der Waals surface area contributed by atoms with Gasteiger partial charge in [-0.3, -0.25) is 0 Å². The highest BCUT2D eigenvalue weighted by atomic mass is 15.1. The van der Waals surface area contributed by atoms with E-state index in [1.807, 2.05) is 54.6 Å². The number of hydrogen-bond donors (Lipinski definition) is 0. The van der Waals surface area contributed by atoms with Crippen molar-refractivity contribution in [3.63, 3.8) is 0 Å². The van der Waals surface area contributed by atoms with E-state index in [1.54, 1.807) is 0 Å². The second-order valence-corrected chi connectivity index (χ2v) is 7.85. The zero-order valence-corrected chi connectivity index (χ0v) is 18.9. The molecule has 0 atom stereocenters. The molecule has 0 bridgehead atoms. The second-order valence-electron chi connectivity index (χ2n) is 7.85. The summed E-state index contributed by atoms with van der Waals surface area (Å²) in [6.07, 6.45) is 8.24. The van der Waals surface area contributed by atoms with Gasteiger partial charge in [0.1, 0.15) is 0 Å². The minimum absolute atomic E-state index is 0.653. The van der Waals surface area contributed by atoms with E-state index < -0.39 is 0 Å². The lowest BCUT2D eigenvalue weighted by atomic mass is 10.1. The van der Waals surface area contributed by atoms with Gasteiger partial charge in [-0.1, -0.05) is 85.0 Å². The fourth-order valence-corrected chi connectivity index (χ4v) is 3.48. The first-order valence-electron chi connectivity index (χ1n) is 10.9. The van der Waals surface area contributed by atoms with Crippen LogP contribution in [0.25, 0.3) is 29.1 Å². The summed E-state index contributed by atoms with van der Waals surface area (Å²) < 4.78 is 0. The van der Waals surface area contributed by atoms with Crippen molar-refractivity contribution in [1.82, 2.24) is 0 Å². The number of anilines is 2. The molecule has 0 radical (unpaired) electrons. The van der Waals surface area contributed by atoms with Gasteiger partial charge in [-0.2, -0.15) is 5.26 Å². The summed E-state index contributed by atoms with van der Waals surface area (Å²) >= 11 is 0. The quantitative estimate of drug-likeness (QED) is 0.225. The zero-order chi connectivity index (χ0) is 23.8. The first-order valence-corrected chi connectivity index (χ1v) is 10.9. The van der Waals surface area contributed by atoms with Crippen LogP contribution in [0, 0.1) is 17.9 Å². The Labute approximate surface area is 201 Å². The Morgan fingerprint density at radius 2 is 0.971 bits per heavy atom. The van der Waals surface area contributed by atoms with E-state index in [0.29, 0.717) is 11.3 Å². The lowest BCUT2D eigenvalue weighted by Gasteiger charge is -2.19. The van der Waals surface area contributed by atoms with Crippen molar-refractivity contribution in [3.8, 4) is 6.07 Å². The first kappa shape index (κ1) is 22.3. The average Bonchev–Trinajstić information content (AvgIpc) is 2.91. The monoisotopic (exact) mass is 437 g/mol. The van der Waals surface area contributed by atoms with Crippen LogP contribution < -0.4 is 4.90 Å². The van der Waals surface area contributed by atoms with Crippen LogP contribution in [0.4, 0.5) is 17.1 Å². The van der Waals surface area contributed by atoms with Gasteiger partial charge in [0.05, 0.1) is 18.2 Å². The van der Waals surface area contributed by atoms with Crippen LogP contribution in [0.1, 0.15) is 27.8 Å². The van der Waals surface area contributed by atoms with Crippen molar-refractivity contribution in [3.05, 3.63) is 136 Å². The Morgan fingerprint density at radius 3 is 1.32 bits per heavy atom. The van der Waals surface area contributed by atoms with Gasteiger partial charge in [0.2, 0.25) is 0 Å². The number of nitriles is 1. The summed E-state index contributed by atoms with van der Waals surface area (Å²) in [6, 6.07) is 34.1. The highest BCUT2D eigenvalue weighted by molar-refractivity contribution is 5.74. The smallest absolute Gasteiger partial charge is 0.187 e. The van der Waals surface area contributed by atoms with E-state index in [2.05, 4.69) is 89.6 Å². The number of hydrogen-bond acceptors (Lipinski definition) is 2. The predicted octanol–water partition coefficient (Wildman–Crippen LogP) is 8.22. The Hall–Kier alpha value is -4.86. The molecule has 0 unspecified atom stereocenters. The van der Waals surface area contributed by atoms with Gasteiger partial charge in [-0.15, -0.1) is 0 Å². The average molecular weight is 438 g/mol. The van der Waals surface area contributed by atoms with Gasteiger partial charge in [0, 0.05) is 18.4 Å². The van der Waals surface area contributed by atoms with Crippen molar-refractivity contribution < 1.29 is 0 Å². The molecule has 34 heavy (non-hydrogen) atoms. The third-order valence-electron chi connectivity index (χ3n) is 5.56. The van der Waals surface area contributed by atoms with Crippen LogP contribution in [-0.2, 0) is 0 Å². The molecule has 162 valence electrons. The van der Waals surface area contributed by atoms with Gasteiger partial charge in [-0.25, -0.2) is 4.85 Å². The van der Waals surface area contributed by atoms with Crippen LogP contribution in [0.2, 0.25) is 0 Å². The molecule has 4 rings (SSSR count). The molecule has 0 heterocycles. The summed E-state index contributed by atoms with van der Waals surface area (Å²) in [4.78, 5) is 5.58. The molecule has 0 aromatic heterocycles. The molecular weight excluding hydrogens is 414 g/mol.